The molecule has 9 heteroatoms. The number of amides is 2. The van der Waals surface area contributed by atoms with Crippen LogP contribution in [0.15, 0.2) is 64.4 Å². The molecule has 1 fully saturated rings. The molecule has 2 aliphatic rings. The second-order valence-corrected chi connectivity index (χ2v) is 10.4. The van der Waals surface area contributed by atoms with Crippen LogP contribution in [-0.2, 0) is 15.1 Å². The number of aliphatic hydroxyl groups excluding tert-OH is 1. The fourth-order valence-electron chi connectivity index (χ4n) is 5.20. The number of nitrogens with zero attached hydrogens (tertiary/aromatic N) is 4. The molecule has 4 unspecified atom stereocenters. The van der Waals surface area contributed by atoms with Crippen molar-refractivity contribution in [3.63, 3.8) is 0 Å². The van der Waals surface area contributed by atoms with Crippen molar-refractivity contribution in [2.45, 2.75) is 57.7 Å². The van der Waals surface area contributed by atoms with E-state index in [1.807, 2.05) is 57.2 Å². The Labute approximate surface area is 215 Å². The van der Waals surface area contributed by atoms with Crippen molar-refractivity contribution in [2.24, 2.45) is 10.9 Å². The molecule has 0 saturated carbocycles. The first-order valence-corrected chi connectivity index (χ1v) is 12.5. The second-order valence-electron chi connectivity index (χ2n) is 10.4. The summed E-state index contributed by atoms with van der Waals surface area (Å²) in [5.74, 6) is -0.241. The third kappa shape index (κ3) is 4.55. The van der Waals surface area contributed by atoms with Crippen molar-refractivity contribution in [1.82, 2.24) is 20.4 Å². The standard InChI is InChI=1S/C28H31N5O4/c1-16(2)24(23-12-17(3)32-37-23)26(35)33-15-21(34)13-22(33)25-30-27(36)28(4,31-25)20-9-7-18(8-10-20)19-6-5-11-29-14-19/h5-12,14,16,21-22,24,34H,13,15H2,1-4H3,(H,30,31,36). The third-order valence-corrected chi connectivity index (χ3v) is 7.25. The number of likely N-dealkylation sites (tertiary alicyclic amines) is 1. The van der Waals surface area contributed by atoms with Crippen LogP contribution < -0.4 is 5.32 Å². The van der Waals surface area contributed by atoms with Gasteiger partial charge in [0.1, 0.15) is 23.1 Å². The van der Waals surface area contributed by atoms with Gasteiger partial charge in [0, 0.05) is 31.4 Å². The van der Waals surface area contributed by atoms with Gasteiger partial charge in [-0.05, 0) is 42.5 Å². The highest BCUT2D eigenvalue weighted by Gasteiger charge is 2.48. The topological polar surface area (TPSA) is 121 Å². The van der Waals surface area contributed by atoms with Gasteiger partial charge in [0.25, 0.3) is 5.91 Å². The van der Waals surface area contributed by atoms with E-state index in [0.29, 0.717) is 23.7 Å². The number of rotatable bonds is 6. The van der Waals surface area contributed by atoms with E-state index in [9.17, 15) is 14.7 Å². The molecule has 37 heavy (non-hydrogen) atoms. The minimum atomic E-state index is -1.08. The van der Waals surface area contributed by atoms with Gasteiger partial charge in [-0.15, -0.1) is 0 Å². The maximum atomic E-state index is 13.7. The summed E-state index contributed by atoms with van der Waals surface area (Å²) < 4.78 is 5.44. The number of benzene rings is 1. The van der Waals surface area contributed by atoms with Gasteiger partial charge < -0.3 is 19.8 Å². The molecule has 0 bridgehead atoms. The van der Waals surface area contributed by atoms with Gasteiger partial charge in [-0.1, -0.05) is 49.3 Å². The van der Waals surface area contributed by atoms with Gasteiger partial charge in [0.2, 0.25) is 5.91 Å². The predicted octanol–water partition coefficient (Wildman–Crippen LogP) is 3.19. The number of hydrogen-bond donors (Lipinski definition) is 2. The number of β-amino-alcohol motifs (C(OH)–C–C–N with tert-alkyl or cyclic N) is 1. The SMILES string of the molecule is Cc1cc(C(C(=O)N2CC(O)CC2C2=NC(=O)C(C)(c3ccc(-c4cccnc4)cc3)N2)C(C)C)on1. The molecular weight excluding hydrogens is 470 g/mol. The monoisotopic (exact) mass is 501 g/mol. The first-order chi connectivity index (χ1) is 17.7. The molecule has 2 amide bonds. The van der Waals surface area contributed by atoms with Crippen LogP contribution in [0, 0.1) is 12.8 Å². The van der Waals surface area contributed by atoms with Crippen LogP contribution in [0.4, 0.5) is 0 Å². The number of carbonyl (C=O) groups is 2. The van der Waals surface area contributed by atoms with E-state index in [4.69, 9.17) is 4.52 Å². The highest BCUT2D eigenvalue weighted by molar-refractivity contribution is 6.09. The lowest BCUT2D eigenvalue weighted by Gasteiger charge is -2.31. The molecule has 1 aromatic carbocycles. The molecule has 1 saturated heterocycles. The van der Waals surface area contributed by atoms with Crippen LogP contribution in [0.5, 0.6) is 0 Å². The Morgan fingerprint density at radius 1 is 1.22 bits per heavy atom. The van der Waals surface area contributed by atoms with Crippen molar-refractivity contribution in [1.29, 1.82) is 0 Å². The number of aliphatic imine (C=N–C) groups is 1. The molecular formula is C28H31N5O4. The van der Waals surface area contributed by atoms with Crippen LogP contribution in [0.3, 0.4) is 0 Å². The number of amidine groups is 1. The zero-order valence-corrected chi connectivity index (χ0v) is 21.4. The molecule has 4 heterocycles. The average Bonchev–Trinajstić information content (AvgIpc) is 3.57. The van der Waals surface area contributed by atoms with E-state index in [0.717, 1.165) is 16.7 Å². The van der Waals surface area contributed by atoms with Crippen molar-refractivity contribution in [2.75, 3.05) is 6.54 Å². The molecule has 3 aromatic rings. The lowest BCUT2D eigenvalue weighted by atomic mass is 9.90. The minimum absolute atomic E-state index is 0.0538. The molecule has 4 atom stereocenters. The lowest BCUT2D eigenvalue weighted by molar-refractivity contribution is -0.134. The Morgan fingerprint density at radius 2 is 1.97 bits per heavy atom. The van der Waals surface area contributed by atoms with E-state index in [2.05, 4.69) is 20.4 Å². The zero-order chi connectivity index (χ0) is 26.3. The van der Waals surface area contributed by atoms with Crippen LogP contribution in [0.2, 0.25) is 0 Å². The van der Waals surface area contributed by atoms with E-state index in [-0.39, 0.29) is 24.3 Å². The number of hydrogen-bond acceptors (Lipinski definition) is 7. The lowest BCUT2D eigenvalue weighted by Crippen LogP contribution is -2.51. The average molecular weight is 502 g/mol. The third-order valence-electron chi connectivity index (χ3n) is 7.25. The van der Waals surface area contributed by atoms with Crippen LogP contribution in [0.1, 0.15) is 50.1 Å². The van der Waals surface area contributed by atoms with Gasteiger partial charge in [-0.25, -0.2) is 0 Å². The van der Waals surface area contributed by atoms with Gasteiger partial charge in [-0.2, -0.15) is 4.99 Å². The number of aromatic nitrogens is 2. The minimum Gasteiger partial charge on any atom is -0.391 e. The summed E-state index contributed by atoms with van der Waals surface area (Å²) >= 11 is 0. The number of carbonyl (C=O) groups excluding carboxylic acids is 2. The van der Waals surface area contributed by atoms with Crippen molar-refractivity contribution >= 4 is 17.6 Å². The zero-order valence-electron chi connectivity index (χ0n) is 21.4. The van der Waals surface area contributed by atoms with E-state index in [1.54, 1.807) is 30.3 Å². The summed E-state index contributed by atoms with van der Waals surface area (Å²) in [5.41, 5.74) is 2.36. The molecule has 5 rings (SSSR count). The van der Waals surface area contributed by atoms with Gasteiger partial charge in [0.05, 0.1) is 17.8 Å². The van der Waals surface area contributed by atoms with Crippen molar-refractivity contribution < 1.29 is 19.2 Å². The molecule has 2 N–H and O–H groups in total. The van der Waals surface area contributed by atoms with Crippen molar-refractivity contribution in [3.8, 4) is 11.1 Å². The quantitative estimate of drug-likeness (QED) is 0.532. The van der Waals surface area contributed by atoms with E-state index >= 15 is 0 Å². The summed E-state index contributed by atoms with van der Waals surface area (Å²) in [4.78, 5) is 37.1. The van der Waals surface area contributed by atoms with Crippen LogP contribution in [-0.4, -0.2) is 56.5 Å². The first-order valence-electron chi connectivity index (χ1n) is 12.5. The maximum absolute atomic E-state index is 13.7. The predicted molar refractivity (Wildman–Crippen MR) is 138 cm³/mol. The molecule has 2 aliphatic heterocycles. The number of pyridine rings is 1. The summed E-state index contributed by atoms with van der Waals surface area (Å²) in [6.45, 7) is 7.65. The Balaban J connectivity index is 1.39. The molecule has 0 radical (unpaired) electrons. The van der Waals surface area contributed by atoms with Gasteiger partial charge in [-0.3, -0.25) is 14.6 Å². The molecule has 9 nitrogen and oxygen atoms in total. The van der Waals surface area contributed by atoms with Crippen molar-refractivity contribution in [3.05, 3.63) is 71.9 Å². The molecule has 2 aromatic heterocycles. The Morgan fingerprint density at radius 3 is 2.59 bits per heavy atom. The number of aliphatic hydroxyl groups is 1. The Hall–Kier alpha value is -3.85. The maximum Gasteiger partial charge on any atom is 0.277 e. The molecule has 0 aliphatic carbocycles. The fourth-order valence-corrected chi connectivity index (χ4v) is 5.20. The van der Waals surface area contributed by atoms with E-state index in [1.165, 1.54) is 0 Å². The highest BCUT2D eigenvalue weighted by atomic mass is 16.5. The summed E-state index contributed by atoms with van der Waals surface area (Å²) in [7, 11) is 0. The second kappa shape index (κ2) is 9.55. The van der Waals surface area contributed by atoms with Gasteiger partial charge in [0.15, 0.2) is 0 Å². The van der Waals surface area contributed by atoms with E-state index < -0.39 is 23.6 Å². The summed E-state index contributed by atoms with van der Waals surface area (Å²) in [6.07, 6.45) is 3.09. The molecule has 0 spiro atoms. The van der Waals surface area contributed by atoms with Crippen LogP contribution >= 0.6 is 0 Å². The Kier molecular flexibility index (Phi) is 6.41. The number of aryl methyl sites for hydroxylation is 1. The highest BCUT2D eigenvalue weighted by Crippen LogP contribution is 2.34. The Bertz CT molecular complexity index is 1330. The van der Waals surface area contributed by atoms with Crippen LogP contribution in [0.25, 0.3) is 11.1 Å². The largest absolute Gasteiger partial charge is 0.391 e. The first kappa shape index (κ1) is 24.8. The fraction of sp³-hybridized carbons (Fsp3) is 0.393. The van der Waals surface area contributed by atoms with Gasteiger partial charge >= 0.3 is 0 Å². The normalized spacial score (nSPS) is 24.3. The smallest absolute Gasteiger partial charge is 0.277 e. The number of nitrogens with one attached hydrogen (secondary N) is 1. The summed E-state index contributed by atoms with van der Waals surface area (Å²) in [5, 5.41) is 17.8. The molecule has 192 valence electrons. The summed E-state index contributed by atoms with van der Waals surface area (Å²) in [6, 6.07) is 12.8.